The van der Waals surface area contributed by atoms with E-state index < -0.39 is 11.6 Å². The zero-order valence-electron chi connectivity index (χ0n) is 20.9. The van der Waals surface area contributed by atoms with E-state index in [1.165, 1.54) is 63.4 Å². The topological polar surface area (TPSA) is 0 Å². The van der Waals surface area contributed by atoms with Gasteiger partial charge in [-0.15, -0.1) is 0 Å². The third-order valence-electron chi connectivity index (χ3n) is 8.06. The number of hydrogen-bond acceptors (Lipinski definition) is 0. The highest BCUT2D eigenvalue weighted by atomic mass is 19.2. The van der Waals surface area contributed by atoms with Gasteiger partial charge >= 0.3 is 0 Å². The van der Waals surface area contributed by atoms with Crippen LogP contribution in [0.15, 0.2) is 60.7 Å². The molecule has 0 N–H and O–H groups in total. The third kappa shape index (κ3) is 6.26. The summed E-state index contributed by atoms with van der Waals surface area (Å²) < 4.78 is 28.3. The van der Waals surface area contributed by atoms with Crippen LogP contribution in [-0.2, 0) is 0 Å². The van der Waals surface area contributed by atoms with Gasteiger partial charge in [0.15, 0.2) is 11.6 Å². The van der Waals surface area contributed by atoms with Crippen molar-refractivity contribution in [3.8, 4) is 11.1 Å². The third-order valence-corrected chi connectivity index (χ3v) is 8.06. The van der Waals surface area contributed by atoms with Crippen LogP contribution in [0.2, 0.25) is 0 Å². The molecule has 0 saturated heterocycles. The minimum absolute atomic E-state index is 0.328. The van der Waals surface area contributed by atoms with E-state index in [4.69, 9.17) is 0 Å². The predicted molar refractivity (Wildman–Crippen MR) is 140 cm³/mol. The van der Waals surface area contributed by atoms with Crippen molar-refractivity contribution in [1.82, 2.24) is 0 Å². The average Bonchev–Trinajstić information content (AvgIpc) is 2.88. The van der Waals surface area contributed by atoms with Gasteiger partial charge in [-0.25, -0.2) is 8.78 Å². The fraction of sp³-hybridized carbons (Fsp3) is 0.500. The Kier molecular flexibility index (Phi) is 8.75. The lowest BCUT2D eigenvalue weighted by Gasteiger charge is -2.27. The van der Waals surface area contributed by atoms with Gasteiger partial charge in [0, 0.05) is 11.5 Å². The summed E-state index contributed by atoms with van der Waals surface area (Å²) in [4.78, 5) is 0. The quantitative estimate of drug-likeness (QED) is 0.270. The SMILES string of the molecule is CCCCCC1CCC(/C=C/C2C=CC(c3ccc(-c4ccc(C)c(F)c4F)cc3)CC2)CC1. The van der Waals surface area contributed by atoms with E-state index >= 15 is 0 Å². The molecule has 0 heterocycles. The summed E-state index contributed by atoms with van der Waals surface area (Å²) in [7, 11) is 0. The molecule has 0 bridgehead atoms. The Bertz CT molecular complexity index is 977. The highest BCUT2D eigenvalue weighted by molar-refractivity contribution is 5.65. The van der Waals surface area contributed by atoms with Gasteiger partial charge in [0.1, 0.15) is 0 Å². The molecule has 2 aliphatic carbocycles. The maximum atomic E-state index is 14.3. The van der Waals surface area contributed by atoms with Crippen molar-refractivity contribution >= 4 is 0 Å². The Morgan fingerprint density at radius 3 is 2.24 bits per heavy atom. The fourth-order valence-corrected chi connectivity index (χ4v) is 5.71. The smallest absolute Gasteiger partial charge is 0.166 e. The first-order valence-electron chi connectivity index (χ1n) is 13.5. The molecule has 2 aromatic rings. The minimum atomic E-state index is -0.759. The molecule has 2 aromatic carbocycles. The maximum Gasteiger partial charge on any atom is 0.166 e. The van der Waals surface area contributed by atoms with Crippen LogP contribution in [0.4, 0.5) is 8.78 Å². The van der Waals surface area contributed by atoms with Crippen LogP contribution in [0, 0.1) is 36.3 Å². The second kappa shape index (κ2) is 12.0. The number of unbranched alkanes of at least 4 members (excludes halogenated alkanes) is 2. The molecule has 0 nitrogen and oxygen atoms in total. The molecule has 2 heteroatoms. The van der Waals surface area contributed by atoms with E-state index in [-0.39, 0.29) is 0 Å². The average molecular weight is 463 g/mol. The van der Waals surface area contributed by atoms with Crippen LogP contribution in [-0.4, -0.2) is 0 Å². The standard InChI is InChI=1S/C32H40F2/c1-3-4-5-6-24-8-10-25(11-9-24)12-13-26-14-16-27(17-15-26)28-18-20-29(21-19-28)30-22-7-23(2)31(33)32(30)34/h7,12-14,16,18-22,24-27H,3-6,8-11,15,17H2,1-2H3/b13-12+. The number of allylic oxidation sites excluding steroid dienone is 4. The molecule has 0 aliphatic heterocycles. The van der Waals surface area contributed by atoms with Gasteiger partial charge in [-0.3, -0.25) is 0 Å². The van der Waals surface area contributed by atoms with E-state index in [1.54, 1.807) is 19.1 Å². The van der Waals surface area contributed by atoms with Gasteiger partial charge in [-0.05, 0) is 79.9 Å². The van der Waals surface area contributed by atoms with E-state index in [0.717, 1.165) is 23.8 Å². The molecule has 0 spiro atoms. The van der Waals surface area contributed by atoms with E-state index in [2.05, 4.69) is 43.4 Å². The first-order chi connectivity index (χ1) is 16.5. The Morgan fingerprint density at radius 2 is 1.56 bits per heavy atom. The summed E-state index contributed by atoms with van der Waals surface area (Å²) in [6, 6.07) is 11.3. The Hall–Kier alpha value is -2.22. The summed E-state index contributed by atoms with van der Waals surface area (Å²) in [5.74, 6) is 1.17. The molecule has 0 radical (unpaired) electrons. The van der Waals surface area contributed by atoms with Crippen LogP contribution in [0.5, 0.6) is 0 Å². The Labute approximate surface area is 205 Å². The summed E-state index contributed by atoms with van der Waals surface area (Å²) in [6.07, 6.45) is 23.1. The molecular weight excluding hydrogens is 422 g/mol. The lowest BCUT2D eigenvalue weighted by atomic mass is 9.78. The zero-order valence-corrected chi connectivity index (χ0v) is 20.9. The number of halogens is 2. The molecule has 182 valence electrons. The van der Waals surface area contributed by atoms with E-state index in [1.807, 2.05) is 12.1 Å². The monoisotopic (exact) mass is 462 g/mol. The molecule has 0 aromatic heterocycles. The molecule has 4 rings (SSSR count). The summed E-state index contributed by atoms with van der Waals surface area (Å²) in [6.45, 7) is 3.88. The lowest BCUT2D eigenvalue weighted by molar-refractivity contribution is 0.289. The van der Waals surface area contributed by atoms with E-state index in [0.29, 0.717) is 23.0 Å². The highest BCUT2D eigenvalue weighted by Crippen LogP contribution is 2.35. The largest absolute Gasteiger partial charge is 0.203 e. The van der Waals surface area contributed by atoms with Crippen LogP contribution in [0.1, 0.15) is 88.2 Å². The molecular formula is C32H40F2. The molecule has 2 unspecified atom stereocenters. The van der Waals surface area contributed by atoms with Crippen molar-refractivity contribution in [3.05, 3.63) is 83.5 Å². The van der Waals surface area contributed by atoms with Crippen molar-refractivity contribution in [2.75, 3.05) is 0 Å². The predicted octanol–water partition coefficient (Wildman–Crippen LogP) is 9.93. The second-order valence-corrected chi connectivity index (χ2v) is 10.6. The van der Waals surface area contributed by atoms with Crippen molar-refractivity contribution < 1.29 is 8.78 Å². The first kappa shape index (κ1) is 24.9. The van der Waals surface area contributed by atoms with Crippen LogP contribution in [0.25, 0.3) is 11.1 Å². The Morgan fingerprint density at radius 1 is 0.794 bits per heavy atom. The maximum absolute atomic E-state index is 14.3. The van der Waals surface area contributed by atoms with Crippen LogP contribution < -0.4 is 0 Å². The number of rotatable bonds is 8. The molecule has 1 fully saturated rings. The zero-order chi connectivity index (χ0) is 23.9. The van der Waals surface area contributed by atoms with Gasteiger partial charge in [-0.1, -0.05) is 93.3 Å². The number of aryl methyl sites for hydroxylation is 1. The molecule has 2 atom stereocenters. The van der Waals surface area contributed by atoms with Crippen molar-refractivity contribution in [2.24, 2.45) is 17.8 Å². The second-order valence-electron chi connectivity index (χ2n) is 10.6. The van der Waals surface area contributed by atoms with Crippen molar-refractivity contribution in [2.45, 2.75) is 84.0 Å². The molecule has 1 saturated carbocycles. The molecule has 34 heavy (non-hydrogen) atoms. The van der Waals surface area contributed by atoms with Gasteiger partial charge in [0.25, 0.3) is 0 Å². The molecule has 0 amide bonds. The number of benzene rings is 2. The highest BCUT2D eigenvalue weighted by Gasteiger charge is 2.20. The first-order valence-corrected chi connectivity index (χ1v) is 13.5. The number of hydrogen-bond donors (Lipinski definition) is 0. The summed E-state index contributed by atoms with van der Waals surface area (Å²) in [5, 5.41) is 0. The van der Waals surface area contributed by atoms with Gasteiger partial charge in [-0.2, -0.15) is 0 Å². The van der Waals surface area contributed by atoms with E-state index in [9.17, 15) is 8.78 Å². The Balaban J connectivity index is 1.28. The van der Waals surface area contributed by atoms with Gasteiger partial charge in [0.2, 0.25) is 0 Å². The normalized spacial score (nSPS) is 25.2. The van der Waals surface area contributed by atoms with Crippen LogP contribution in [0.3, 0.4) is 0 Å². The fourth-order valence-electron chi connectivity index (χ4n) is 5.71. The molecule has 2 aliphatic rings. The summed E-state index contributed by atoms with van der Waals surface area (Å²) >= 11 is 0. The van der Waals surface area contributed by atoms with Gasteiger partial charge < -0.3 is 0 Å². The van der Waals surface area contributed by atoms with Crippen molar-refractivity contribution in [1.29, 1.82) is 0 Å². The van der Waals surface area contributed by atoms with Crippen LogP contribution >= 0.6 is 0 Å². The van der Waals surface area contributed by atoms with Crippen molar-refractivity contribution in [3.63, 3.8) is 0 Å². The lowest BCUT2D eigenvalue weighted by Crippen LogP contribution is -2.13. The minimum Gasteiger partial charge on any atom is -0.203 e. The summed E-state index contributed by atoms with van der Waals surface area (Å²) in [5.41, 5.74) is 2.63. The van der Waals surface area contributed by atoms with Gasteiger partial charge in [0.05, 0.1) is 0 Å².